The lowest BCUT2D eigenvalue weighted by Gasteiger charge is -2.11. The average molecular weight is 241 g/mol. The van der Waals surface area contributed by atoms with Crippen molar-refractivity contribution in [2.75, 3.05) is 18.6 Å². The van der Waals surface area contributed by atoms with Gasteiger partial charge in [0.1, 0.15) is 5.82 Å². The van der Waals surface area contributed by atoms with Gasteiger partial charge in [0.2, 0.25) is 5.88 Å². The lowest BCUT2D eigenvalue weighted by atomic mass is 10.1. The van der Waals surface area contributed by atoms with Crippen LogP contribution in [-0.4, -0.2) is 22.8 Å². The highest BCUT2D eigenvalue weighted by atomic mass is 32.2. The Balaban J connectivity index is 2.56. The number of hydrogen-bond acceptors (Lipinski definition) is 5. The largest absolute Gasteiger partial charge is 0.477 e. The zero-order valence-electron chi connectivity index (χ0n) is 10.1. The monoisotopic (exact) mass is 241 g/mol. The van der Waals surface area contributed by atoms with E-state index in [2.05, 4.69) is 23.8 Å². The summed E-state index contributed by atoms with van der Waals surface area (Å²) >= 11 is 1.46. The summed E-state index contributed by atoms with van der Waals surface area (Å²) < 4.78 is 5.60. The van der Waals surface area contributed by atoms with E-state index >= 15 is 0 Å². The van der Waals surface area contributed by atoms with E-state index in [-0.39, 0.29) is 0 Å². The van der Waals surface area contributed by atoms with Gasteiger partial charge < -0.3 is 10.5 Å². The number of hydrogen-bond donors (Lipinski definition) is 1. The van der Waals surface area contributed by atoms with Gasteiger partial charge in [0.05, 0.1) is 6.61 Å². The number of aromatic nitrogens is 2. The van der Waals surface area contributed by atoms with Crippen LogP contribution < -0.4 is 10.5 Å². The number of thioether (sulfide) groups is 1. The summed E-state index contributed by atoms with van der Waals surface area (Å²) in [4.78, 5) is 8.30. The average Bonchev–Trinajstić information content (AvgIpc) is 2.26. The maximum Gasteiger partial charge on any atom is 0.219 e. The molecule has 16 heavy (non-hydrogen) atoms. The Hall–Kier alpha value is -0.970. The third kappa shape index (κ3) is 4.26. The number of nitrogens with two attached hydrogens (primary N) is 1. The molecule has 0 bridgehead atoms. The Morgan fingerprint density at radius 2 is 2.25 bits per heavy atom. The van der Waals surface area contributed by atoms with E-state index in [1.807, 2.05) is 6.26 Å². The highest BCUT2D eigenvalue weighted by Gasteiger charge is 2.05. The van der Waals surface area contributed by atoms with Crippen molar-refractivity contribution >= 4 is 17.6 Å². The fourth-order valence-electron chi connectivity index (χ4n) is 1.39. The van der Waals surface area contributed by atoms with E-state index < -0.39 is 0 Å². The van der Waals surface area contributed by atoms with Crippen molar-refractivity contribution in [3.05, 3.63) is 6.07 Å². The predicted molar refractivity (Wildman–Crippen MR) is 67.8 cm³/mol. The zero-order valence-corrected chi connectivity index (χ0v) is 10.9. The van der Waals surface area contributed by atoms with Crippen molar-refractivity contribution in [3.63, 3.8) is 0 Å². The molecule has 0 amide bonds. The summed E-state index contributed by atoms with van der Waals surface area (Å²) in [6, 6.07) is 1.67. The smallest absolute Gasteiger partial charge is 0.219 e. The molecule has 1 rings (SSSR count). The quantitative estimate of drug-likeness (QED) is 0.612. The van der Waals surface area contributed by atoms with Crippen LogP contribution in [0, 0.1) is 5.92 Å². The molecule has 0 aliphatic rings. The Labute approximate surface area is 101 Å². The van der Waals surface area contributed by atoms with E-state index in [1.165, 1.54) is 18.2 Å². The van der Waals surface area contributed by atoms with Crippen molar-refractivity contribution in [1.82, 2.24) is 9.97 Å². The molecule has 0 fully saturated rings. The molecule has 5 heteroatoms. The summed E-state index contributed by atoms with van der Waals surface area (Å²) in [6.45, 7) is 5.02. The molecule has 0 aliphatic heterocycles. The lowest BCUT2D eigenvalue weighted by Crippen LogP contribution is -2.10. The molecule has 0 saturated carbocycles. The van der Waals surface area contributed by atoms with Crippen LogP contribution >= 0.6 is 11.8 Å². The summed E-state index contributed by atoms with van der Waals surface area (Å²) in [5.41, 5.74) is 5.66. The number of nitrogens with zero attached hydrogens (tertiary/aromatic N) is 2. The molecular weight excluding hydrogens is 222 g/mol. The molecule has 0 saturated heterocycles. The van der Waals surface area contributed by atoms with Crippen molar-refractivity contribution in [2.24, 2.45) is 5.92 Å². The first-order chi connectivity index (χ1) is 7.65. The Morgan fingerprint density at radius 3 is 2.88 bits per heavy atom. The lowest BCUT2D eigenvalue weighted by molar-refractivity contribution is 0.241. The van der Waals surface area contributed by atoms with Crippen LogP contribution in [0.2, 0.25) is 0 Å². The van der Waals surface area contributed by atoms with Crippen LogP contribution in [0.3, 0.4) is 0 Å². The zero-order chi connectivity index (χ0) is 12.0. The molecule has 0 aromatic carbocycles. The Morgan fingerprint density at radius 1 is 1.50 bits per heavy atom. The standard InChI is InChI=1S/C11H19N3OS/c1-4-5-8(2)7-15-10-6-9(12)13-11(14-10)16-3/h6,8H,4-5,7H2,1-3H3,(H2,12,13,14). The van der Waals surface area contributed by atoms with Gasteiger partial charge in [-0.25, -0.2) is 4.98 Å². The molecule has 1 atom stereocenters. The topological polar surface area (TPSA) is 61.0 Å². The van der Waals surface area contributed by atoms with Gasteiger partial charge in [0, 0.05) is 6.07 Å². The number of ether oxygens (including phenoxy) is 1. The molecular formula is C11H19N3OS. The summed E-state index contributed by atoms with van der Waals surface area (Å²) in [5.74, 6) is 1.57. The highest BCUT2D eigenvalue weighted by molar-refractivity contribution is 7.98. The molecule has 0 aliphatic carbocycles. The minimum Gasteiger partial charge on any atom is -0.477 e. The van der Waals surface area contributed by atoms with E-state index in [0.29, 0.717) is 29.4 Å². The van der Waals surface area contributed by atoms with Crippen molar-refractivity contribution < 1.29 is 4.74 Å². The van der Waals surface area contributed by atoms with E-state index in [1.54, 1.807) is 6.07 Å². The van der Waals surface area contributed by atoms with Crippen molar-refractivity contribution in [2.45, 2.75) is 31.8 Å². The molecule has 2 N–H and O–H groups in total. The molecule has 1 unspecified atom stereocenters. The molecule has 0 spiro atoms. The van der Waals surface area contributed by atoms with Gasteiger partial charge in [-0.1, -0.05) is 32.0 Å². The Kier molecular flexibility index (Phi) is 5.38. The van der Waals surface area contributed by atoms with Gasteiger partial charge in [0.25, 0.3) is 0 Å². The van der Waals surface area contributed by atoms with Crippen LogP contribution in [0.15, 0.2) is 11.2 Å². The number of anilines is 1. The molecule has 0 radical (unpaired) electrons. The fraction of sp³-hybridized carbons (Fsp3) is 0.636. The second-order valence-electron chi connectivity index (χ2n) is 3.82. The second kappa shape index (κ2) is 6.58. The molecule has 90 valence electrons. The number of nitrogen functional groups attached to an aromatic ring is 1. The van der Waals surface area contributed by atoms with Crippen molar-refractivity contribution in [3.8, 4) is 5.88 Å². The van der Waals surface area contributed by atoms with E-state index in [9.17, 15) is 0 Å². The minimum atomic E-state index is 0.456. The molecule has 4 nitrogen and oxygen atoms in total. The van der Waals surface area contributed by atoms with E-state index in [0.717, 1.165) is 6.42 Å². The third-order valence-corrected chi connectivity index (χ3v) is 2.73. The van der Waals surface area contributed by atoms with Crippen LogP contribution in [0.5, 0.6) is 5.88 Å². The van der Waals surface area contributed by atoms with Gasteiger partial charge >= 0.3 is 0 Å². The summed E-state index contributed by atoms with van der Waals surface area (Å²) in [5, 5.41) is 0.651. The molecule has 1 aromatic rings. The molecule has 1 aromatic heterocycles. The van der Waals surface area contributed by atoms with Crippen LogP contribution in [0.1, 0.15) is 26.7 Å². The fourth-order valence-corrected chi connectivity index (χ4v) is 1.77. The normalized spacial score (nSPS) is 12.4. The van der Waals surface area contributed by atoms with Gasteiger partial charge in [0.15, 0.2) is 5.16 Å². The maximum atomic E-state index is 5.66. The van der Waals surface area contributed by atoms with Gasteiger partial charge in [-0.2, -0.15) is 4.98 Å². The first kappa shape index (κ1) is 13.1. The Bertz CT molecular complexity index is 333. The van der Waals surface area contributed by atoms with Crippen LogP contribution in [-0.2, 0) is 0 Å². The van der Waals surface area contributed by atoms with Crippen molar-refractivity contribution in [1.29, 1.82) is 0 Å². The predicted octanol–water partition coefficient (Wildman–Crippen LogP) is 2.60. The van der Waals surface area contributed by atoms with Gasteiger partial charge in [-0.15, -0.1) is 0 Å². The first-order valence-electron chi connectivity index (χ1n) is 5.47. The third-order valence-electron chi connectivity index (χ3n) is 2.18. The number of rotatable bonds is 6. The summed E-state index contributed by atoms with van der Waals surface area (Å²) in [6.07, 6.45) is 4.25. The second-order valence-corrected chi connectivity index (χ2v) is 4.60. The highest BCUT2D eigenvalue weighted by Crippen LogP contribution is 2.17. The first-order valence-corrected chi connectivity index (χ1v) is 6.69. The maximum absolute atomic E-state index is 5.66. The van der Waals surface area contributed by atoms with Gasteiger partial charge in [-0.05, 0) is 18.6 Å². The molecule has 1 heterocycles. The van der Waals surface area contributed by atoms with Gasteiger partial charge in [-0.3, -0.25) is 0 Å². The van der Waals surface area contributed by atoms with E-state index in [4.69, 9.17) is 10.5 Å². The summed E-state index contributed by atoms with van der Waals surface area (Å²) in [7, 11) is 0. The van der Waals surface area contributed by atoms with Crippen LogP contribution in [0.4, 0.5) is 5.82 Å². The SMILES string of the molecule is CCCC(C)COc1cc(N)nc(SC)n1. The van der Waals surface area contributed by atoms with Crippen LogP contribution in [0.25, 0.3) is 0 Å². The minimum absolute atomic E-state index is 0.456.